The molecule has 0 fully saturated rings. The van der Waals surface area contributed by atoms with Crippen molar-refractivity contribution in [3.05, 3.63) is 318 Å². The van der Waals surface area contributed by atoms with Gasteiger partial charge in [-0.05, 0) is 171 Å². The van der Waals surface area contributed by atoms with E-state index in [9.17, 15) is 5.02 Å². The quantitative estimate of drug-likeness (QED) is 0.106. The van der Waals surface area contributed by atoms with E-state index in [0.29, 0.717) is 5.75 Å². The minimum Gasteiger partial charge on any atom is -0.537 e. The summed E-state index contributed by atoms with van der Waals surface area (Å²) in [6, 6.07) is 105. The van der Waals surface area contributed by atoms with Crippen molar-refractivity contribution in [2.75, 3.05) is 0 Å². The van der Waals surface area contributed by atoms with Crippen LogP contribution >= 0.6 is 15.9 Å². The molecule has 90 heavy (non-hydrogen) atoms. The summed E-state index contributed by atoms with van der Waals surface area (Å²) in [6.45, 7) is 9.51. The van der Waals surface area contributed by atoms with E-state index >= 15 is 0 Å². The fourth-order valence-corrected chi connectivity index (χ4v) is 16.0. The van der Waals surface area contributed by atoms with Crippen LogP contribution in [-0.4, -0.2) is 12.7 Å². The highest BCUT2D eigenvalue weighted by Crippen LogP contribution is 2.58. The molecule has 0 spiro atoms. The van der Waals surface area contributed by atoms with Gasteiger partial charge in [-0.2, -0.15) is 0 Å². The summed E-state index contributed by atoms with van der Waals surface area (Å²) in [6.07, 6.45) is 0. The average Bonchev–Trinajstić information content (AvgIpc) is 1.53. The van der Waals surface area contributed by atoms with Gasteiger partial charge in [-0.25, -0.2) is 0 Å². The Morgan fingerprint density at radius 3 is 0.933 bits per heavy atom. The van der Waals surface area contributed by atoms with Crippen molar-refractivity contribution in [1.82, 2.24) is 0 Å². The van der Waals surface area contributed by atoms with E-state index in [1.165, 1.54) is 143 Å². The Labute approximate surface area is 533 Å². The van der Waals surface area contributed by atoms with Crippen LogP contribution in [0.3, 0.4) is 0 Å². The van der Waals surface area contributed by atoms with Crippen LogP contribution in [0.15, 0.2) is 296 Å². The summed E-state index contributed by atoms with van der Waals surface area (Å²) >= 11 is 3.67. The van der Waals surface area contributed by atoms with Crippen LogP contribution in [0.5, 0.6) is 5.75 Å². The molecule has 0 atom stereocenters. The van der Waals surface area contributed by atoms with Crippen LogP contribution < -0.4 is 4.65 Å². The van der Waals surface area contributed by atoms with Gasteiger partial charge in [-0.1, -0.05) is 317 Å². The van der Waals surface area contributed by atoms with E-state index in [2.05, 4.69) is 280 Å². The van der Waals surface area contributed by atoms with E-state index in [0.717, 1.165) is 33.7 Å². The summed E-state index contributed by atoms with van der Waals surface area (Å²) in [7, 11) is 0.746. The molecule has 4 heteroatoms. The zero-order chi connectivity index (χ0) is 60.8. The van der Waals surface area contributed by atoms with Crippen LogP contribution in [-0.2, 0) is 10.8 Å². The van der Waals surface area contributed by atoms with E-state index in [4.69, 9.17) is 4.65 Å². The van der Waals surface area contributed by atoms with Gasteiger partial charge in [0.05, 0.1) is 0 Å². The molecule has 16 aromatic carbocycles. The van der Waals surface area contributed by atoms with Gasteiger partial charge in [0.2, 0.25) is 0 Å². The maximum Gasteiger partial charge on any atom is 0.569 e. The highest BCUT2D eigenvalue weighted by molar-refractivity contribution is 9.10. The zero-order valence-corrected chi connectivity index (χ0v) is 52.1. The van der Waals surface area contributed by atoms with Gasteiger partial charge in [-0.3, -0.25) is 0 Å². The van der Waals surface area contributed by atoms with Gasteiger partial charge in [0.1, 0.15) is 5.75 Å². The third-order valence-corrected chi connectivity index (χ3v) is 19.9. The van der Waals surface area contributed by atoms with E-state index < -0.39 is 0 Å². The molecule has 0 bridgehead atoms. The van der Waals surface area contributed by atoms with Gasteiger partial charge in [0, 0.05) is 26.1 Å². The molecule has 0 aromatic heterocycles. The minimum absolute atomic E-state index is 0.00893. The number of hydrogen-bond donors (Lipinski definition) is 1. The third kappa shape index (κ3) is 8.64. The molecule has 1 N–H and O–H groups in total. The van der Waals surface area contributed by atoms with Crippen molar-refractivity contribution in [2.45, 2.75) is 38.5 Å². The lowest BCUT2D eigenvalue weighted by molar-refractivity contribution is 0.459. The van der Waals surface area contributed by atoms with Gasteiger partial charge in [0.25, 0.3) is 0 Å². The largest absolute Gasteiger partial charge is 0.569 e. The molecule has 2 nitrogen and oxygen atoms in total. The molecule has 16 aromatic rings. The molecule has 0 aliphatic heterocycles. The van der Waals surface area contributed by atoms with Crippen molar-refractivity contribution in [3.8, 4) is 61.4 Å². The number of hydrogen-bond acceptors (Lipinski definition) is 2. The molecule has 0 amide bonds. The second kappa shape index (κ2) is 21.9. The normalized spacial score (nSPS) is 13.2. The Hall–Kier alpha value is -10.1. The highest BCUT2D eigenvalue weighted by atomic mass is 79.9. The minimum atomic E-state index is -0.103. The monoisotopic (exact) mass is 1220 g/mol. The third-order valence-electron chi connectivity index (χ3n) is 19.4. The Morgan fingerprint density at radius 2 is 0.556 bits per heavy atom. The smallest absolute Gasteiger partial charge is 0.537 e. The van der Waals surface area contributed by atoms with Crippen LogP contribution in [0.1, 0.15) is 49.9 Å². The van der Waals surface area contributed by atoms with Gasteiger partial charge >= 0.3 is 7.69 Å². The van der Waals surface area contributed by atoms with Crippen LogP contribution in [0, 0.1) is 0 Å². The number of rotatable bonds is 5. The molecule has 0 unspecified atom stereocenters. The molecule has 427 valence electrons. The number of fused-ring (bicyclic) bond motifs is 20. The highest BCUT2D eigenvalue weighted by Gasteiger charge is 2.40. The first kappa shape index (κ1) is 55.2. The SMILES string of the molecule is CC1(C)c2ccc(-c3c4ccccc4c(-c4ccccc4)c4ccccc34)cc2-c2c1c1ccccc1c1ccccc21.CC1(C)c2ccc(Br)cc2-c2c1c1ccccc1c1ccccc21.O[B]Oc1c2ccccc2c(-c2ccccc2)c2ccccc12. The summed E-state index contributed by atoms with van der Waals surface area (Å²) in [5.74, 6) is 0.679. The number of halogens is 1. The Kier molecular flexibility index (Phi) is 13.4. The molecule has 2 aliphatic carbocycles. The first-order valence-electron chi connectivity index (χ1n) is 31.1. The standard InChI is InChI=1S/C43H30.C23H17Br.C20H14BO2/c1-43(2)38-25-24-28(26-37(38)41-31-18-8-6-16-29(31)30-17-7-13-23-36(30)42(41)43)40-34-21-11-9-19-32(34)39(27-14-4-3-5-15-27)33-20-10-12-22-35(33)40;1-23(2)20-12-11-14(24)13-19(20)21-17-9-5-3-7-15(17)16-8-4-6-10-18(16)22(21)23;22-21-23-20-17-12-6-4-10-15(17)19(14-8-2-1-3-9-14)16-11-5-7-13-18(16)20/h3-26H,1-2H3;3-13H,1-2H3;1-13,22H. The van der Waals surface area contributed by atoms with Crippen molar-refractivity contribution in [3.63, 3.8) is 0 Å². The fourth-order valence-electron chi connectivity index (χ4n) is 15.7. The van der Waals surface area contributed by atoms with Crippen molar-refractivity contribution >= 4 is 110 Å². The Balaban J connectivity index is 0.000000117. The first-order valence-corrected chi connectivity index (χ1v) is 31.8. The number of benzene rings is 16. The maximum atomic E-state index is 9.18. The summed E-state index contributed by atoms with van der Waals surface area (Å²) in [5.41, 5.74) is 18.7. The van der Waals surface area contributed by atoms with Crippen LogP contribution in [0.25, 0.3) is 142 Å². The first-order chi connectivity index (χ1) is 44.1. The Bertz CT molecular complexity index is 5460. The van der Waals surface area contributed by atoms with E-state index in [1.54, 1.807) is 0 Å². The van der Waals surface area contributed by atoms with Gasteiger partial charge in [0.15, 0.2) is 0 Å². The molecule has 2 aliphatic rings. The van der Waals surface area contributed by atoms with Gasteiger partial charge < -0.3 is 9.68 Å². The van der Waals surface area contributed by atoms with E-state index in [1.807, 2.05) is 54.6 Å². The van der Waals surface area contributed by atoms with Crippen LogP contribution in [0.2, 0.25) is 0 Å². The van der Waals surface area contributed by atoms with Crippen LogP contribution in [0.4, 0.5) is 0 Å². The predicted molar refractivity (Wildman–Crippen MR) is 387 cm³/mol. The topological polar surface area (TPSA) is 29.5 Å². The molecular formula is C86H61BBrO2. The lowest BCUT2D eigenvalue weighted by Gasteiger charge is -2.24. The van der Waals surface area contributed by atoms with Crippen molar-refractivity contribution < 1.29 is 9.68 Å². The molecule has 1 radical (unpaired) electrons. The lowest BCUT2D eigenvalue weighted by Crippen LogP contribution is -2.15. The fraction of sp³-hybridized carbons (Fsp3) is 0.0698. The molecule has 18 rings (SSSR count). The molecule has 0 saturated carbocycles. The zero-order valence-electron chi connectivity index (χ0n) is 50.5. The maximum absolute atomic E-state index is 9.18. The molecule has 0 saturated heterocycles. The second-order valence-corrected chi connectivity index (χ2v) is 25.9. The van der Waals surface area contributed by atoms with E-state index in [-0.39, 0.29) is 10.8 Å². The second-order valence-electron chi connectivity index (χ2n) is 25.0. The van der Waals surface area contributed by atoms with Crippen molar-refractivity contribution in [2.24, 2.45) is 0 Å². The summed E-state index contributed by atoms with van der Waals surface area (Å²) < 4.78 is 6.59. The van der Waals surface area contributed by atoms with Crippen molar-refractivity contribution in [1.29, 1.82) is 0 Å². The lowest BCUT2D eigenvalue weighted by atomic mass is 9.79. The van der Waals surface area contributed by atoms with Gasteiger partial charge in [-0.15, -0.1) is 0 Å². The summed E-state index contributed by atoms with van der Waals surface area (Å²) in [4.78, 5) is 0. The average molecular weight is 1220 g/mol. The Morgan fingerprint density at radius 1 is 0.278 bits per heavy atom. The molecular weight excluding hydrogens is 1160 g/mol. The molecule has 0 heterocycles. The predicted octanol–water partition coefficient (Wildman–Crippen LogP) is 23.6. The summed E-state index contributed by atoms with van der Waals surface area (Å²) in [5, 5.41) is 29.3.